The van der Waals surface area contributed by atoms with Crippen molar-refractivity contribution in [1.29, 1.82) is 0 Å². The van der Waals surface area contributed by atoms with E-state index in [1.807, 2.05) is 30.3 Å². The van der Waals surface area contributed by atoms with Gasteiger partial charge in [0.15, 0.2) is 11.5 Å². The van der Waals surface area contributed by atoms with Crippen LogP contribution in [0.25, 0.3) is 0 Å². The van der Waals surface area contributed by atoms with Crippen LogP contribution in [0.1, 0.15) is 23.7 Å². The molecule has 2 atom stereocenters. The van der Waals surface area contributed by atoms with Crippen LogP contribution in [-0.4, -0.2) is 29.9 Å². The van der Waals surface area contributed by atoms with Crippen molar-refractivity contribution < 1.29 is 14.3 Å². The number of ether oxygens (including phenoxy) is 2. The van der Waals surface area contributed by atoms with E-state index in [1.54, 1.807) is 12.3 Å². The van der Waals surface area contributed by atoms with E-state index in [2.05, 4.69) is 26.4 Å². The highest BCUT2D eigenvalue weighted by Gasteiger charge is 2.30. The molecule has 3 heterocycles. The van der Waals surface area contributed by atoms with Gasteiger partial charge in [0.25, 0.3) is 5.91 Å². The fourth-order valence-corrected chi connectivity index (χ4v) is 2.77. The summed E-state index contributed by atoms with van der Waals surface area (Å²) < 4.78 is 10.7. The molecule has 2 aliphatic heterocycles. The lowest BCUT2D eigenvalue weighted by Gasteiger charge is -2.10. The van der Waals surface area contributed by atoms with Gasteiger partial charge in [-0.25, -0.2) is 16.3 Å². The number of hydrazone groups is 1. The van der Waals surface area contributed by atoms with E-state index in [0.29, 0.717) is 12.1 Å². The lowest BCUT2D eigenvalue weighted by atomic mass is 10.0. The summed E-state index contributed by atoms with van der Waals surface area (Å²) in [6, 6.07) is 10.9. The molecule has 8 heteroatoms. The number of amides is 1. The van der Waals surface area contributed by atoms with Crippen LogP contribution in [0.3, 0.4) is 0 Å². The maximum atomic E-state index is 12.2. The first kappa shape index (κ1) is 15.6. The summed E-state index contributed by atoms with van der Waals surface area (Å²) in [7, 11) is 0. The monoisotopic (exact) mass is 339 g/mol. The van der Waals surface area contributed by atoms with Crippen molar-refractivity contribution in [2.75, 3.05) is 6.79 Å². The zero-order valence-electron chi connectivity index (χ0n) is 13.3. The Labute approximate surface area is 144 Å². The molecule has 2 aromatic rings. The average Bonchev–Trinajstić information content (AvgIpc) is 3.31. The second-order valence-corrected chi connectivity index (χ2v) is 5.73. The number of rotatable bonds is 4. The SMILES string of the molecule is O=C(N/N=C/c1ccccn1)C1CC(c2ccc3c(c2)OCO3)NN1. The third-order valence-electron chi connectivity index (χ3n) is 4.08. The highest BCUT2D eigenvalue weighted by atomic mass is 16.7. The van der Waals surface area contributed by atoms with Crippen molar-refractivity contribution in [2.45, 2.75) is 18.5 Å². The number of pyridine rings is 1. The molecule has 2 aliphatic rings. The molecule has 0 aliphatic carbocycles. The molecular weight excluding hydrogens is 322 g/mol. The summed E-state index contributed by atoms with van der Waals surface area (Å²) in [5.74, 6) is 1.27. The Morgan fingerprint density at radius 2 is 2.16 bits per heavy atom. The fourth-order valence-electron chi connectivity index (χ4n) is 2.77. The minimum absolute atomic E-state index is 0.00465. The minimum Gasteiger partial charge on any atom is -0.454 e. The number of nitrogens with one attached hydrogen (secondary N) is 3. The largest absolute Gasteiger partial charge is 0.454 e. The van der Waals surface area contributed by atoms with Gasteiger partial charge in [0.2, 0.25) is 6.79 Å². The van der Waals surface area contributed by atoms with Gasteiger partial charge in [-0.15, -0.1) is 0 Å². The Bertz CT molecular complexity index is 796. The molecular formula is C17H17N5O3. The first-order chi connectivity index (χ1) is 12.3. The molecule has 1 aromatic heterocycles. The summed E-state index contributed by atoms with van der Waals surface area (Å²) in [6.45, 7) is 0.244. The van der Waals surface area contributed by atoms with Crippen molar-refractivity contribution in [1.82, 2.24) is 21.3 Å². The predicted molar refractivity (Wildman–Crippen MR) is 90.0 cm³/mol. The van der Waals surface area contributed by atoms with Crippen LogP contribution in [0.4, 0.5) is 0 Å². The molecule has 1 aromatic carbocycles. The van der Waals surface area contributed by atoms with Crippen LogP contribution in [-0.2, 0) is 4.79 Å². The van der Waals surface area contributed by atoms with Crippen LogP contribution in [0.2, 0.25) is 0 Å². The fraction of sp³-hybridized carbons (Fsp3) is 0.235. The maximum absolute atomic E-state index is 12.2. The molecule has 1 amide bonds. The Kier molecular flexibility index (Phi) is 4.28. The lowest BCUT2D eigenvalue weighted by Crippen LogP contribution is -2.41. The number of carbonyl (C=O) groups excluding carboxylic acids is 1. The molecule has 0 radical (unpaired) electrons. The third-order valence-corrected chi connectivity index (χ3v) is 4.08. The van der Waals surface area contributed by atoms with E-state index >= 15 is 0 Å². The van der Waals surface area contributed by atoms with Crippen molar-refractivity contribution in [3.8, 4) is 11.5 Å². The van der Waals surface area contributed by atoms with E-state index < -0.39 is 0 Å². The van der Waals surface area contributed by atoms with Crippen LogP contribution in [0.15, 0.2) is 47.7 Å². The highest BCUT2D eigenvalue weighted by Crippen LogP contribution is 2.35. The van der Waals surface area contributed by atoms with Gasteiger partial charge in [-0.3, -0.25) is 9.78 Å². The number of nitrogens with zero attached hydrogens (tertiary/aromatic N) is 2. The summed E-state index contributed by atoms with van der Waals surface area (Å²) in [4.78, 5) is 16.3. The number of hydrazine groups is 1. The van der Waals surface area contributed by atoms with Crippen LogP contribution in [0.5, 0.6) is 11.5 Å². The first-order valence-corrected chi connectivity index (χ1v) is 7.94. The second kappa shape index (κ2) is 6.88. The molecule has 2 unspecified atom stereocenters. The standard InChI is InChI=1S/C17H17N5O3/c23-17(22-19-9-12-3-1-2-6-18-12)14-8-13(20-21-14)11-4-5-15-16(7-11)25-10-24-15/h1-7,9,13-14,20-21H,8,10H2,(H,22,23)/b19-9+. The zero-order valence-corrected chi connectivity index (χ0v) is 13.3. The molecule has 25 heavy (non-hydrogen) atoms. The van der Waals surface area contributed by atoms with Crippen LogP contribution in [0, 0.1) is 0 Å². The minimum atomic E-state index is -0.378. The Morgan fingerprint density at radius 1 is 1.24 bits per heavy atom. The highest BCUT2D eigenvalue weighted by molar-refractivity contribution is 5.84. The van der Waals surface area contributed by atoms with E-state index in [-0.39, 0.29) is 24.8 Å². The van der Waals surface area contributed by atoms with Gasteiger partial charge in [-0.05, 0) is 36.2 Å². The van der Waals surface area contributed by atoms with Crippen molar-refractivity contribution in [3.05, 3.63) is 53.9 Å². The number of benzene rings is 1. The van der Waals surface area contributed by atoms with Gasteiger partial charge in [0, 0.05) is 12.2 Å². The lowest BCUT2D eigenvalue weighted by molar-refractivity contribution is -0.122. The van der Waals surface area contributed by atoms with Crippen molar-refractivity contribution in [2.24, 2.45) is 5.10 Å². The predicted octanol–water partition coefficient (Wildman–Crippen LogP) is 0.868. The van der Waals surface area contributed by atoms with Gasteiger partial charge < -0.3 is 9.47 Å². The van der Waals surface area contributed by atoms with Gasteiger partial charge in [-0.2, -0.15) is 5.10 Å². The topological polar surface area (TPSA) is 96.9 Å². The summed E-state index contributed by atoms with van der Waals surface area (Å²) in [6.07, 6.45) is 3.78. The van der Waals surface area contributed by atoms with E-state index in [4.69, 9.17) is 9.47 Å². The van der Waals surface area contributed by atoms with E-state index in [9.17, 15) is 4.79 Å². The van der Waals surface area contributed by atoms with Gasteiger partial charge in [0.1, 0.15) is 6.04 Å². The average molecular weight is 339 g/mol. The normalized spacial score (nSPS) is 21.6. The number of hydrogen-bond acceptors (Lipinski definition) is 7. The number of fused-ring (bicyclic) bond motifs is 1. The zero-order chi connectivity index (χ0) is 17.1. The van der Waals surface area contributed by atoms with Crippen molar-refractivity contribution in [3.63, 3.8) is 0 Å². The molecule has 0 spiro atoms. The molecule has 4 rings (SSSR count). The molecule has 0 bridgehead atoms. The van der Waals surface area contributed by atoms with Gasteiger partial charge in [-0.1, -0.05) is 12.1 Å². The maximum Gasteiger partial charge on any atom is 0.258 e. The van der Waals surface area contributed by atoms with E-state index in [1.165, 1.54) is 6.21 Å². The quantitative estimate of drug-likeness (QED) is 0.565. The third kappa shape index (κ3) is 3.44. The summed E-state index contributed by atoms with van der Waals surface area (Å²) in [5, 5.41) is 3.94. The van der Waals surface area contributed by atoms with E-state index in [0.717, 1.165) is 17.1 Å². The first-order valence-electron chi connectivity index (χ1n) is 7.94. The van der Waals surface area contributed by atoms with Gasteiger partial charge >= 0.3 is 0 Å². The second-order valence-electron chi connectivity index (χ2n) is 5.73. The molecule has 0 saturated carbocycles. The molecule has 1 saturated heterocycles. The Balaban J connectivity index is 1.34. The Morgan fingerprint density at radius 3 is 3.04 bits per heavy atom. The number of carbonyl (C=O) groups is 1. The summed E-state index contributed by atoms with van der Waals surface area (Å²) >= 11 is 0. The number of hydrogen-bond donors (Lipinski definition) is 3. The molecule has 128 valence electrons. The molecule has 1 fully saturated rings. The van der Waals surface area contributed by atoms with Crippen molar-refractivity contribution >= 4 is 12.1 Å². The number of aromatic nitrogens is 1. The summed E-state index contributed by atoms with van der Waals surface area (Å²) in [5.41, 5.74) is 10.4. The molecule has 3 N–H and O–H groups in total. The Hall–Kier alpha value is -2.97. The van der Waals surface area contributed by atoms with Gasteiger partial charge in [0.05, 0.1) is 11.9 Å². The smallest absolute Gasteiger partial charge is 0.258 e. The van der Waals surface area contributed by atoms with Crippen LogP contribution < -0.4 is 25.8 Å². The van der Waals surface area contributed by atoms with Crippen LogP contribution >= 0.6 is 0 Å². The molecule has 8 nitrogen and oxygen atoms in total.